The summed E-state index contributed by atoms with van der Waals surface area (Å²) in [5.74, 6) is -0.557. The van der Waals surface area contributed by atoms with Crippen molar-refractivity contribution in [3.8, 4) is 0 Å². The second-order valence-corrected chi connectivity index (χ2v) is 7.13. The monoisotopic (exact) mass is 342 g/mol. The van der Waals surface area contributed by atoms with Crippen molar-refractivity contribution in [2.24, 2.45) is 0 Å². The lowest BCUT2D eigenvalue weighted by Crippen LogP contribution is -2.42. The number of nitrogens with zero attached hydrogens (tertiary/aromatic N) is 1. The third kappa shape index (κ3) is 5.02. The number of hydrogen-bond acceptors (Lipinski definition) is 5. The van der Waals surface area contributed by atoms with E-state index in [4.69, 9.17) is 0 Å². The number of benzene rings is 1. The van der Waals surface area contributed by atoms with Crippen LogP contribution >= 0.6 is 0 Å². The van der Waals surface area contributed by atoms with Crippen LogP contribution in [0.5, 0.6) is 0 Å². The molecule has 6 nitrogen and oxygen atoms in total. The lowest BCUT2D eigenvalue weighted by molar-refractivity contribution is 0.0600. The van der Waals surface area contributed by atoms with E-state index in [9.17, 15) is 13.2 Å². The molecule has 0 aliphatic rings. The van der Waals surface area contributed by atoms with Crippen molar-refractivity contribution in [3.05, 3.63) is 29.3 Å². The quantitative estimate of drug-likeness (QED) is 0.729. The van der Waals surface area contributed by atoms with Crippen LogP contribution in [-0.4, -0.2) is 52.1 Å². The summed E-state index contributed by atoms with van der Waals surface area (Å²) in [5.41, 5.74) is 0.802. The van der Waals surface area contributed by atoms with Crippen LogP contribution in [0.1, 0.15) is 36.7 Å². The molecule has 0 saturated carbocycles. The van der Waals surface area contributed by atoms with E-state index >= 15 is 0 Å². The van der Waals surface area contributed by atoms with E-state index in [1.807, 2.05) is 20.8 Å². The van der Waals surface area contributed by atoms with Gasteiger partial charge in [-0.1, -0.05) is 19.9 Å². The lowest BCUT2D eigenvalue weighted by atomic mass is 10.1. The molecule has 1 aromatic carbocycles. The van der Waals surface area contributed by atoms with Gasteiger partial charge in [-0.2, -0.15) is 0 Å². The van der Waals surface area contributed by atoms with Gasteiger partial charge in [-0.15, -0.1) is 0 Å². The van der Waals surface area contributed by atoms with E-state index in [0.29, 0.717) is 12.1 Å². The van der Waals surface area contributed by atoms with Crippen LogP contribution in [0.3, 0.4) is 0 Å². The number of nitrogens with one attached hydrogen (secondary N) is 1. The van der Waals surface area contributed by atoms with Gasteiger partial charge < -0.3 is 4.74 Å². The van der Waals surface area contributed by atoms with Gasteiger partial charge in [-0.25, -0.2) is 17.9 Å². The molecule has 0 bridgehead atoms. The number of esters is 1. The normalized spacial score (nSPS) is 13.1. The smallest absolute Gasteiger partial charge is 0.337 e. The number of sulfonamides is 1. The fourth-order valence-corrected chi connectivity index (χ4v) is 3.81. The van der Waals surface area contributed by atoms with Crippen molar-refractivity contribution in [2.45, 2.75) is 38.6 Å². The summed E-state index contributed by atoms with van der Waals surface area (Å²) in [6, 6.07) is 4.60. The molecule has 0 aliphatic carbocycles. The number of carbonyl (C=O) groups excluding carboxylic acids is 1. The molecule has 0 amide bonds. The molecule has 0 spiro atoms. The summed E-state index contributed by atoms with van der Waals surface area (Å²) >= 11 is 0. The number of methoxy groups -OCH3 is 1. The van der Waals surface area contributed by atoms with Gasteiger partial charge in [0, 0.05) is 12.6 Å². The Morgan fingerprint density at radius 1 is 1.30 bits per heavy atom. The summed E-state index contributed by atoms with van der Waals surface area (Å²) in [6.07, 6.45) is 0. The average molecular weight is 342 g/mol. The van der Waals surface area contributed by atoms with Gasteiger partial charge in [-0.05, 0) is 44.6 Å². The maximum Gasteiger partial charge on any atom is 0.337 e. The molecule has 1 aromatic rings. The zero-order chi connectivity index (χ0) is 17.6. The number of ether oxygens (including phenoxy) is 1. The Morgan fingerprint density at radius 2 is 1.91 bits per heavy atom. The van der Waals surface area contributed by atoms with Crippen molar-refractivity contribution in [3.63, 3.8) is 0 Å². The molecule has 1 unspecified atom stereocenters. The molecular formula is C16H26N2O4S. The minimum atomic E-state index is -3.68. The molecule has 0 aromatic heterocycles. The maximum atomic E-state index is 12.5. The summed E-state index contributed by atoms with van der Waals surface area (Å²) in [6.45, 7) is 9.78. The largest absolute Gasteiger partial charge is 0.465 e. The molecule has 1 atom stereocenters. The zero-order valence-electron chi connectivity index (χ0n) is 14.4. The molecular weight excluding hydrogens is 316 g/mol. The highest BCUT2D eigenvalue weighted by molar-refractivity contribution is 7.89. The van der Waals surface area contributed by atoms with Gasteiger partial charge in [0.25, 0.3) is 0 Å². The SMILES string of the molecule is CCN(CC)C(C)CNS(=O)(=O)c1cc(C(=O)OC)ccc1C. The predicted molar refractivity (Wildman–Crippen MR) is 90.1 cm³/mol. The molecule has 7 heteroatoms. The predicted octanol–water partition coefficient (Wildman–Crippen LogP) is 1.79. The van der Waals surface area contributed by atoms with Crippen LogP contribution < -0.4 is 4.72 Å². The van der Waals surface area contributed by atoms with E-state index in [2.05, 4.69) is 14.4 Å². The minimum absolute atomic E-state index is 0.0869. The molecule has 0 heterocycles. The molecule has 1 rings (SSSR count). The standard InChI is InChI=1S/C16H26N2O4S/c1-6-18(7-2)13(4)11-17-23(20,21)15-10-14(16(19)22-5)9-8-12(15)3/h8-10,13,17H,6-7,11H2,1-5H3. The fraction of sp³-hybridized carbons (Fsp3) is 0.562. The highest BCUT2D eigenvalue weighted by Gasteiger charge is 2.21. The molecule has 130 valence electrons. The van der Waals surface area contributed by atoms with Crippen molar-refractivity contribution in [1.29, 1.82) is 0 Å². The van der Waals surface area contributed by atoms with Crippen molar-refractivity contribution < 1.29 is 17.9 Å². The first-order valence-corrected chi connectivity index (χ1v) is 9.17. The van der Waals surface area contributed by atoms with Crippen LogP contribution in [0.25, 0.3) is 0 Å². The van der Waals surface area contributed by atoms with Gasteiger partial charge in [-0.3, -0.25) is 4.90 Å². The first kappa shape index (κ1) is 19.6. The van der Waals surface area contributed by atoms with Crippen LogP contribution in [-0.2, 0) is 14.8 Å². The Balaban J connectivity index is 2.98. The number of aryl methyl sites for hydroxylation is 1. The average Bonchev–Trinajstić information content (AvgIpc) is 2.53. The second kappa shape index (κ2) is 8.42. The van der Waals surface area contributed by atoms with Crippen LogP contribution in [0.4, 0.5) is 0 Å². The van der Waals surface area contributed by atoms with E-state index in [1.165, 1.54) is 13.2 Å². The zero-order valence-corrected chi connectivity index (χ0v) is 15.2. The van der Waals surface area contributed by atoms with Gasteiger partial charge >= 0.3 is 5.97 Å². The number of likely N-dealkylation sites (N-methyl/N-ethyl adjacent to an activating group) is 1. The Hall–Kier alpha value is -1.44. The van der Waals surface area contributed by atoms with E-state index in [-0.39, 0.29) is 16.5 Å². The third-order valence-corrected chi connectivity index (χ3v) is 5.47. The van der Waals surface area contributed by atoms with Crippen molar-refractivity contribution in [2.75, 3.05) is 26.7 Å². The number of carbonyl (C=O) groups is 1. The van der Waals surface area contributed by atoms with Gasteiger partial charge in [0.15, 0.2) is 0 Å². The Morgan fingerprint density at radius 3 is 2.43 bits per heavy atom. The second-order valence-electron chi connectivity index (χ2n) is 5.39. The van der Waals surface area contributed by atoms with Gasteiger partial charge in [0.05, 0.1) is 17.6 Å². The summed E-state index contributed by atoms with van der Waals surface area (Å²) in [7, 11) is -2.42. The Labute approximate surface area is 138 Å². The Kier molecular flexibility index (Phi) is 7.18. The molecule has 0 saturated heterocycles. The number of rotatable bonds is 8. The van der Waals surface area contributed by atoms with Crippen molar-refractivity contribution >= 4 is 16.0 Å². The van der Waals surface area contributed by atoms with E-state index < -0.39 is 16.0 Å². The minimum Gasteiger partial charge on any atom is -0.465 e. The molecule has 1 N–H and O–H groups in total. The van der Waals surface area contributed by atoms with Crippen LogP contribution in [0.2, 0.25) is 0 Å². The first-order chi connectivity index (χ1) is 10.8. The Bertz CT molecular complexity index is 639. The summed E-state index contributed by atoms with van der Waals surface area (Å²) < 4.78 is 32.3. The summed E-state index contributed by atoms with van der Waals surface area (Å²) in [4.78, 5) is 13.9. The molecule has 0 radical (unpaired) electrons. The highest BCUT2D eigenvalue weighted by Crippen LogP contribution is 2.17. The lowest BCUT2D eigenvalue weighted by Gasteiger charge is -2.26. The van der Waals surface area contributed by atoms with E-state index in [1.54, 1.807) is 19.1 Å². The number of hydrogen-bond donors (Lipinski definition) is 1. The molecule has 0 aliphatic heterocycles. The highest BCUT2D eigenvalue weighted by atomic mass is 32.2. The van der Waals surface area contributed by atoms with Crippen LogP contribution in [0, 0.1) is 6.92 Å². The third-order valence-electron chi connectivity index (χ3n) is 3.90. The summed E-state index contributed by atoms with van der Waals surface area (Å²) in [5, 5.41) is 0. The maximum absolute atomic E-state index is 12.5. The van der Waals surface area contributed by atoms with Gasteiger partial charge in [0.1, 0.15) is 0 Å². The fourth-order valence-electron chi connectivity index (χ4n) is 2.42. The molecule has 0 fully saturated rings. The first-order valence-electron chi connectivity index (χ1n) is 7.69. The van der Waals surface area contributed by atoms with Gasteiger partial charge in [0.2, 0.25) is 10.0 Å². The van der Waals surface area contributed by atoms with Crippen LogP contribution in [0.15, 0.2) is 23.1 Å². The topological polar surface area (TPSA) is 75.7 Å². The van der Waals surface area contributed by atoms with E-state index in [0.717, 1.165) is 13.1 Å². The van der Waals surface area contributed by atoms with Crippen molar-refractivity contribution in [1.82, 2.24) is 9.62 Å². The molecule has 23 heavy (non-hydrogen) atoms.